The lowest BCUT2D eigenvalue weighted by molar-refractivity contribution is -0.171. The molecule has 1 saturated heterocycles. The standard InChI is InChI=1S/C15H22O4/c1-8-10-5-6-15(2)11(17)4-3-9(7-16)12(15)13(10)19-14(8)18/h9-13,16-17H,1,3-7H2,2H3/t9-,10+,11-,12-,13+,15+/m1/s1. The molecule has 2 aliphatic carbocycles. The van der Waals surface area contributed by atoms with Crippen molar-refractivity contribution in [2.75, 3.05) is 6.61 Å². The van der Waals surface area contributed by atoms with Crippen molar-refractivity contribution >= 4 is 5.97 Å². The van der Waals surface area contributed by atoms with Crippen molar-refractivity contribution in [1.29, 1.82) is 0 Å². The summed E-state index contributed by atoms with van der Waals surface area (Å²) in [5.41, 5.74) is 0.321. The van der Waals surface area contributed by atoms with E-state index in [0.29, 0.717) is 5.57 Å². The molecular weight excluding hydrogens is 244 g/mol. The van der Waals surface area contributed by atoms with E-state index in [0.717, 1.165) is 25.7 Å². The van der Waals surface area contributed by atoms with Gasteiger partial charge in [0.1, 0.15) is 6.10 Å². The van der Waals surface area contributed by atoms with E-state index in [1.165, 1.54) is 0 Å². The van der Waals surface area contributed by atoms with Gasteiger partial charge in [-0.1, -0.05) is 13.5 Å². The SMILES string of the molecule is C=C1C(=O)O[C@@H]2[C@H]3[C@@H](CO)CC[C@@H](O)[C@]3(C)CC[C@@H]12. The normalized spacial score (nSPS) is 49.5. The quantitative estimate of drug-likeness (QED) is 0.554. The molecule has 1 aliphatic heterocycles. The topological polar surface area (TPSA) is 66.8 Å². The Hall–Kier alpha value is -0.870. The van der Waals surface area contributed by atoms with Crippen molar-refractivity contribution in [2.45, 2.75) is 44.8 Å². The van der Waals surface area contributed by atoms with Gasteiger partial charge in [0.15, 0.2) is 0 Å². The Morgan fingerprint density at radius 2 is 2.16 bits per heavy atom. The van der Waals surface area contributed by atoms with Gasteiger partial charge in [-0.25, -0.2) is 4.79 Å². The average Bonchev–Trinajstić information content (AvgIpc) is 2.67. The molecule has 2 N–H and O–H groups in total. The summed E-state index contributed by atoms with van der Waals surface area (Å²) in [6, 6.07) is 0. The number of hydrogen-bond acceptors (Lipinski definition) is 4. The highest BCUT2D eigenvalue weighted by Crippen LogP contribution is 2.57. The highest BCUT2D eigenvalue weighted by atomic mass is 16.6. The molecule has 3 aliphatic rings. The van der Waals surface area contributed by atoms with Crippen molar-refractivity contribution in [2.24, 2.45) is 23.2 Å². The van der Waals surface area contributed by atoms with Gasteiger partial charge in [-0.15, -0.1) is 0 Å². The number of carbonyl (C=O) groups excluding carboxylic acids is 1. The fourth-order valence-corrected chi connectivity index (χ4v) is 4.58. The number of aliphatic hydroxyl groups excluding tert-OH is 2. The lowest BCUT2D eigenvalue weighted by atomic mass is 9.52. The number of ether oxygens (including phenoxy) is 1. The lowest BCUT2D eigenvalue weighted by Gasteiger charge is -2.54. The van der Waals surface area contributed by atoms with Crippen LogP contribution in [-0.4, -0.2) is 35.0 Å². The third kappa shape index (κ3) is 1.69. The van der Waals surface area contributed by atoms with Crippen molar-refractivity contribution in [1.82, 2.24) is 0 Å². The average molecular weight is 266 g/mol. The Kier molecular flexibility index (Phi) is 2.98. The van der Waals surface area contributed by atoms with E-state index in [2.05, 4.69) is 13.5 Å². The van der Waals surface area contributed by atoms with Crippen LogP contribution < -0.4 is 0 Å². The van der Waals surface area contributed by atoms with Crippen molar-refractivity contribution in [3.8, 4) is 0 Å². The van der Waals surface area contributed by atoms with E-state index in [9.17, 15) is 15.0 Å². The van der Waals surface area contributed by atoms with E-state index in [1.54, 1.807) is 0 Å². The van der Waals surface area contributed by atoms with E-state index < -0.39 is 0 Å². The molecular formula is C15H22O4. The summed E-state index contributed by atoms with van der Waals surface area (Å²) >= 11 is 0. The van der Waals surface area contributed by atoms with Crippen molar-refractivity contribution < 1.29 is 19.7 Å². The summed E-state index contributed by atoms with van der Waals surface area (Å²) in [6.07, 6.45) is 2.67. The van der Waals surface area contributed by atoms with Gasteiger partial charge in [-0.2, -0.15) is 0 Å². The van der Waals surface area contributed by atoms with Crippen LogP contribution in [0.4, 0.5) is 0 Å². The van der Waals surface area contributed by atoms with Gasteiger partial charge in [0.05, 0.1) is 6.10 Å². The second-order valence-electron chi connectivity index (χ2n) is 6.61. The second kappa shape index (κ2) is 4.32. The third-order valence-corrected chi connectivity index (χ3v) is 5.77. The molecule has 0 radical (unpaired) electrons. The molecule has 0 aromatic rings. The first-order valence-corrected chi connectivity index (χ1v) is 7.17. The van der Waals surface area contributed by atoms with E-state index >= 15 is 0 Å². The summed E-state index contributed by atoms with van der Waals surface area (Å²) in [6.45, 7) is 6.03. The summed E-state index contributed by atoms with van der Waals surface area (Å²) in [5.74, 6) is -0.0657. The van der Waals surface area contributed by atoms with E-state index in [-0.39, 0.29) is 48.0 Å². The van der Waals surface area contributed by atoms with Crippen LogP contribution in [0.5, 0.6) is 0 Å². The van der Waals surface area contributed by atoms with Crippen LogP contribution in [0.1, 0.15) is 32.6 Å². The molecule has 0 unspecified atom stereocenters. The maximum absolute atomic E-state index is 11.7. The predicted octanol–water partition coefficient (Wildman–Crippen LogP) is 1.26. The number of rotatable bonds is 1. The Balaban J connectivity index is 1.98. The fraction of sp³-hybridized carbons (Fsp3) is 0.800. The molecule has 3 fully saturated rings. The van der Waals surface area contributed by atoms with Gasteiger partial charge in [0, 0.05) is 29.4 Å². The zero-order valence-electron chi connectivity index (χ0n) is 11.3. The minimum atomic E-state index is -0.367. The zero-order valence-corrected chi connectivity index (χ0v) is 11.3. The van der Waals surface area contributed by atoms with Crippen LogP contribution in [0.25, 0.3) is 0 Å². The Morgan fingerprint density at radius 1 is 1.42 bits per heavy atom. The molecule has 6 atom stereocenters. The summed E-state index contributed by atoms with van der Waals surface area (Å²) in [4.78, 5) is 11.7. The molecule has 0 amide bonds. The van der Waals surface area contributed by atoms with Crippen LogP contribution in [0.15, 0.2) is 12.2 Å². The van der Waals surface area contributed by atoms with Gasteiger partial charge in [0.25, 0.3) is 0 Å². The molecule has 3 rings (SSSR count). The first-order chi connectivity index (χ1) is 8.99. The third-order valence-electron chi connectivity index (χ3n) is 5.77. The maximum atomic E-state index is 11.7. The van der Waals surface area contributed by atoms with Crippen molar-refractivity contribution in [3.63, 3.8) is 0 Å². The fourth-order valence-electron chi connectivity index (χ4n) is 4.58. The Morgan fingerprint density at radius 3 is 2.84 bits per heavy atom. The predicted molar refractivity (Wildman–Crippen MR) is 69.2 cm³/mol. The number of esters is 1. The summed E-state index contributed by atoms with van der Waals surface area (Å²) in [5, 5.41) is 20.0. The Labute approximate surface area is 113 Å². The van der Waals surface area contributed by atoms with Gasteiger partial charge in [-0.3, -0.25) is 0 Å². The maximum Gasteiger partial charge on any atom is 0.334 e. The first kappa shape index (κ1) is 13.1. The monoisotopic (exact) mass is 266 g/mol. The molecule has 106 valence electrons. The molecule has 4 heteroatoms. The molecule has 19 heavy (non-hydrogen) atoms. The van der Waals surface area contributed by atoms with Gasteiger partial charge in [0.2, 0.25) is 0 Å². The largest absolute Gasteiger partial charge is 0.458 e. The summed E-state index contributed by atoms with van der Waals surface area (Å²) < 4.78 is 5.53. The van der Waals surface area contributed by atoms with Gasteiger partial charge < -0.3 is 14.9 Å². The van der Waals surface area contributed by atoms with Crippen LogP contribution in [0, 0.1) is 23.2 Å². The molecule has 4 nitrogen and oxygen atoms in total. The van der Waals surface area contributed by atoms with Crippen LogP contribution in [0.3, 0.4) is 0 Å². The minimum Gasteiger partial charge on any atom is -0.458 e. The Bertz CT molecular complexity index is 418. The van der Waals surface area contributed by atoms with Gasteiger partial charge >= 0.3 is 5.97 Å². The molecule has 2 saturated carbocycles. The molecule has 0 bridgehead atoms. The molecule has 0 aromatic carbocycles. The first-order valence-electron chi connectivity index (χ1n) is 7.17. The minimum absolute atomic E-state index is 0.0446. The van der Waals surface area contributed by atoms with Gasteiger partial charge in [-0.05, 0) is 31.6 Å². The van der Waals surface area contributed by atoms with Crippen LogP contribution in [0.2, 0.25) is 0 Å². The van der Waals surface area contributed by atoms with Crippen LogP contribution in [-0.2, 0) is 9.53 Å². The number of aliphatic hydroxyl groups is 2. The highest BCUT2D eigenvalue weighted by molar-refractivity contribution is 5.90. The van der Waals surface area contributed by atoms with E-state index in [4.69, 9.17) is 4.74 Å². The van der Waals surface area contributed by atoms with Crippen LogP contribution >= 0.6 is 0 Å². The van der Waals surface area contributed by atoms with Crippen molar-refractivity contribution in [3.05, 3.63) is 12.2 Å². The number of fused-ring (bicyclic) bond motifs is 3. The smallest absolute Gasteiger partial charge is 0.334 e. The highest BCUT2D eigenvalue weighted by Gasteiger charge is 2.59. The zero-order chi connectivity index (χ0) is 13.8. The van der Waals surface area contributed by atoms with E-state index in [1.807, 2.05) is 0 Å². The molecule has 0 spiro atoms. The lowest BCUT2D eigenvalue weighted by Crippen LogP contribution is -2.56. The number of carbonyl (C=O) groups is 1. The molecule has 0 aromatic heterocycles. The summed E-state index contributed by atoms with van der Waals surface area (Å²) in [7, 11) is 0. The second-order valence-corrected chi connectivity index (χ2v) is 6.61. The molecule has 1 heterocycles. The number of hydrogen-bond donors (Lipinski definition) is 2.